The first-order valence-electron chi connectivity index (χ1n) is 8.08. The number of anilines is 1. The maximum absolute atomic E-state index is 12.5. The lowest BCUT2D eigenvalue weighted by Crippen LogP contribution is -2.44. The van der Waals surface area contributed by atoms with Crippen molar-refractivity contribution in [3.63, 3.8) is 0 Å². The third-order valence-electron chi connectivity index (χ3n) is 3.72. The molecule has 0 spiro atoms. The Morgan fingerprint density at radius 2 is 1.92 bits per heavy atom. The second kappa shape index (κ2) is 8.29. The number of nitrogens with zero attached hydrogens (tertiary/aromatic N) is 1. The lowest BCUT2D eigenvalue weighted by molar-refractivity contribution is -0.126. The molecule has 128 valence electrons. The number of amides is 2. The maximum atomic E-state index is 12.5. The molecule has 1 aromatic heterocycles. The highest BCUT2D eigenvalue weighted by atomic mass is 16.5. The largest absolute Gasteiger partial charge is 0.359 e. The van der Waals surface area contributed by atoms with Gasteiger partial charge in [-0.3, -0.25) is 9.59 Å². The van der Waals surface area contributed by atoms with E-state index in [0.717, 1.165) is 12.0 Å². The number of aromatic nitrogens is 1. The standard InChI is InChI=1S/C18H23N3O3/c1-4-8-15(18(23)20-17-12(2)21-24-13(17)3)19-16(22)11-14-9-6-5-7-10-14/h5-7,9-10,15H,4,8,11H2,1-3H3,(H,19,22)(H,20,23)/t15-/m1/s1. The molecular formula is C18H23N3O3. The number of benzene rings is 1. The summed E-state index contributed by atoms with van der Waals surface area (Å²) in [6, 6.07) is 8.86. The van der Waals surface area contributed by atoms with Gasteiger partial charge in [0.1, 0.15) is 17.4 Å². The average Bonchev–Trinajstić information content (AvgIpc) is 2.87. The molecule has 0 saturated heterocycles. The lowest BCUT2D eigenvalue weighted by Gasteiger charge is -2.18. The van der Waals surface area contributed by atoms with Crippen molar-refractivity contribution in [2.45, 2.75) is 46.1 Å². The second-order valence-corrected chi connectivity index (χ2v) is 5.76. The molecule has 0 aliphatic rings. The summed E-state index contributed by atoms with van der Waals surface area (Å²) < 4.78 is 5.04. The fraction of sp³-hybridized carbons (Fsp3) is 0.389. The zero-order valence-electron chi connectivity index (χ0n) is 14.3. The first-order valence-corrected chi connectivity index (χ1v) is 8.08. The van der Waals surface area contributed by atoms with Gasteiger partial charge < -0.3 is 15.2 Å². The van der Waals surface area contributed by atoms with E-state index in [1.807, 2.05) is 37.3 Å². The van der Waals surface area contributed by atoms with Crippen molar-refractivity contribution < 1.29 is 14.1 Å². The first kappa shape index (κ1) is 17.7. The van der Waals surface area contributed by atoms with E-state index in [1.54, 1.807) is 13.8 Å². The van der Waals surface area contributed by atoms with E-state index in [9.17, 15) is 9.59 Å². The minimum atomic E-state index is -0.583. The number of rotatable bonds is 7. The van der Waals surface area contributed by atoms with Crippen LogP contribution in [0.4, 0.5) is 5.69 Å². The highest BCUT2D eigenvalue weighted by molar-refractivity contribution is 5.98. The monoisotopic (exact) mass is 329 g/mol. The lowest BCUT2D eigenvalue weighted by atomic mass is 10.1. The van der Waals surface area contributed by atoms with Crippen LogP contribution in [0, 0.1) is 13.8 Å². The number of hydrogen-bond donors (Lipinski definition) is 2. The molecule has 6 heteroatoms. The van der Waals surface area contributed by atoms with Crippen molar-refractivity contribution in [2.75, 3.05) is 5.32 Å². The molecule has 1 heterocycles. The molecule has 0 fully saturated rings. The van der Waals surface area contributed by atoms with Crippen LogP contribution in [0.1, 0.15) is 36.8 Å². The van der Waals surface area contributed by atoms with E-state index in [-0.39, 0.29) is 18.2 Å². The van der Waals surface area contributed by atoms with Crippen molar-refractivity contribution in [1.29, 1.82) is 0 Å². The number of nitrogens with one attached hydrogen (secondary N) is 2. The summed E-state index contributed by atoms with van der Waals surface area (Å²) in [6.07, 6.45) is 1.60. The quantitative estimate of drug-likeness (QED) is 0.818. The Bertz CT molecular complexity index is 675. The number of hydrogen-bond acceptors (Lipinski definition) is 4. The van der Waals surface area contributed by atoms with Gasteiger partial charge in [-0.15, -0.1) is 0 Å². The van der Waals surface area contributed by atoms with Crippen molar-refractivity contribution >= 4 is 17.5 Å². The minimum Gasteiger partial charge on any atom is -0.359 e. The molecule has 24 heavy (non-hydrogen) atoms. The van der Waals surface area contributed by atoms with E-state index < -0.39 is 6.04 Å². The van der Waals surface area contributed by atoms with Crippen molar-refractivity contribution in [3.8, 4) is 0 Å². The van der Waals surface area contributed by atoms with E-state index in [4.69, 9.17) is 4.52 Å². The molecular weight excluding hydrogens is 306 g/mol. The number of aryl methyl sites for hydroxylation is 2. The third kappa shape index (κ3) is 4.68. The van der Waals surface area contributed by atoms with Gasteiger partial charge in [-0.05, 0) is 25.8 Å². The van der Waals surface area contributed by atoms with Crippen molar-refractivity contribution in [3.05, 3.63) is 47.3 Å². The molecule has 1 atom stereocenters. The van der Waals surface area contributed by atoms with Crippen LogP contribution in [0.3, 0.4) is 0 Å². The summed E-state index contributed by atoms with van der Waals surface area (Å²) in [5.41, 5.74) is 2.10. The number of carbonyl (C=O) groups excluding carboxylic acids is 2. The van der Waals surface area contributed by atoms with Crippen LogP contribution in [-0.2, 0) is 16.0 Å². The predicted molar refractivity (Wildman–Crippen MR) is 91.6 cm³/mol. The Kier molecular flexibility index (Phi) is 6.12. The maximum Gasteiger partial charge on any atom is 0.247 e. The average molecular weight is 329 g/mol. The fourth-order valence-electron chi connectivity index (χ4n) is 2.46. The Morgan fingerprint density at radius 1 is 1.21 bits per heavy atom. The zero-order valence-corrected chi connectivity index (χ0v) is 14.3. The molecule has 2 N–H and O–H groups in total. The first-order chi connectivity index (χ1) is 11.5. The molecule has 0 aliphatic heterocycles. The predicted octanol–water partition coefficient (Wildman–Crippen LogP) is 2.76. The smallest absolute Gasteiger partial charge is 0.247 e. The van der Waals surface area contributed by atoms with Crippen LogP contribution in [0.25, 0.3) is 0 Å². The summed E-state index contributed by atoms with van der Waals surface area (Å²) in [6.45, 7) is 5.47. The zero-order chi connectivity index (χ0) is 17.5. The van der Waals surface area contributed by atoms with Gasteiger partial charge >= 0.3 is 0 Å². The molecule has 6 nitrogen and oxygen atoms in total. The Morgan fingerprint density at radius 3 is 2.50 bits per heavy atom. The van der Waals surface area contributed by atoms with Crippen LogP contribution in [0.2, 0.25) is 0 Å². The Balaban J connectivity index is 2.00. The molecule has 2 rings (SSSR count). The summed E-state index contributed by atoms with van der Waals surface area (Å²) in [4.78, 5) is 24.7. The van der Waals surface area contributed by atoms with Gasteiger partial charge in [0.15, 0.2) is 5.76 Å². The molecule has 0 radical (unpaired) electrons. The molecule has 0 bridgehead atoms. The SMILES string of the molecule is CCC[C@@H](NC(=O)Cc1ccccc1)C(=O)Nc1c(C)noc1C. The Hall–Kier alpha value is -2.63. The topological polar surface area (TPSA) is 84.2 Å². The van der Waals surface area contributed by atoms with Crippen LogP contribution in [0.5, 0.6) is 0 Å². The van der Waals surface area contributed by atoms with Crippen LogP contribution in [0.15, 0.2) is 34.9 Å². The summed E-state index contributed by atoms with van der Waals surface area (Å²) in [7, 11) is 0. The van der Waals surface area contributed by atoms with Crippen LogP contribution >= 0.6 is 0 Å². The molecule has 0 unspecified atom stereocenters. The normalized spacial score (nSPS) is 11.8. The van der Waals surface area contributed by atoms with Crippen molar-refractivity contribution in [1.82, 2.24) is 10.5 Å². The van der Waals surface area contributed by atoms with Gasteiger partial charge in [0.25, 0.3) is 0 Å². The Labute approximate surface area is 141 Å². The summed E-state index contributed by atoms with van der Waals surface area (Å²) in [5, 5.41) is 9.43. The molecule has 0 aliphatic carbocycles. The second-order valence-electron chi connectivity index (χ2n) is 5.76. The van der Waals surface area contributed by atoms with Gasteiger partial charge in [0, 0.05) is 0 Å². The van der Waals surface area contributed by atoms with E-state index in [1.165, 1.54) is 0 Å². The van der Waals surface area contributed by atoms with Crippen LogP contribution < -0.4 is 10.6 Å². The van der Waals surface area contributed by atoms with Crippen molar-refractivity contribution in [2.24, 2.45) is 0 Å². The van der Waals surface area contributed by atoms with Gasteiger partial charge in [-0.25, -0.2) is 0 Å². The highest BCUT2D eigenvalue weighted by Gasteiger charge is 2.22. The van der Waals surface area contributed by atoms with E-state index in [0.29, 0.717) is 23.6 Å². The minimum absolute atomic E-state index is 0.173. The van der Waals surface area contributed by atoms with Gasteiger partial charge in [-0.1, -0.05) is 48.8 Å². The van der Waals surface area contributed by atoms with Crippen LogP contribution in [-0.4, -0.2) is 23.0 Å². The van der Waals surface area contributed by atoms with Gasteiger partial charge in [0.2, 0.25) is 11.8 Å². The fourth-order valence-corrected chi connectivity index (χ4v) is 2.46. The highest BCUT2D eigenvalue weighted by Crippen LogP contribution is 2.19. The van der Waals surface area contributed by atoms with E-state index in [2.05, 4.69) is 15.8 Å². The third-order valence-corrected chi connectivity index (χ3v) is 3.72. The summed E-state index contributed by atoms with van der Waals surface area (Å²) in [5.74, 6) is 0.118. The van der Waals surface area contributed by atoms with Gasteiger partial charge in [0.05, 0.1) is 6.42 Å². The molecule has 2 amide bonds. The molecule has 2 aromatic rings. The molecule has 1 aromatic carbocycles. The number of carbonyl (C=O) groups is 2. The van der Waals surface area contributed by atoms with E-state index >= 15 is 0 Å². The summed E-state index contributed by atoms with van der Waals surface area (Å²) >= 11 is 0. The van der Waals surface area contributed by atoms with Gasteiger partial charge in [-0.2, -0.15) is 0 Å². The molecule has 0 saturated carbocycles.